The number of nitrogens with one attached hydrogen (secondary N) is 1. The molecule has 0 aliphatic carbocycles. The molecule has 2 aromatic rings. The average Bonchev–Trinajstić information content (AvgIpc) is 3.16. The molecule has 1 aliphatic rings. The molecule has 1 N–H and O–H groups in total. The maximum atomic E-state index is 12.1. The van der Waals surface area contributed by atoms with Crippen molar-refractivity contribution in [2.45, 2.75) is 6.54 Å². The summed E-state index contributed by atoms with van der Waals surface area (Å²) in [5.41, 5.74) is 1.74. The highest BCUT2D eigenvalue weighted by Crippen LogP contribution is 2.10. The summed E-state index contributed by atoms with van der Waals surface area (Å²) in [7, 11) is 2.07. The van der Waals surface area contributed by atoms with Crippen LogP contribution in [0.3, 0.4) is 0 Å². The molecule has 21 heavy (non-hydrogen) atoms. The fourth-order valence-corrected chi connectivity index (χ4v) is 2.80. The number of rotatable bonds is 3. The topological polar surface area (TPSA) is 66.3 Å². The summed E-state index contributed by atoms with van der Waals surface area (Å²) < 4.78 is 1.72. The predicted molar refractivity (Wildman–Crippen MR) is 80.5 cm³/mol. The summed E-state index contributed by atoms with van der Waals surface area (Å²) in [5, 5.41) is 15.0. The molecule has 0 radical (unpaired) electrons. The highest BCUT2D eigenvalue weighted by atomic mass is 32.1. The molecule has 0 saturated carbocycles. The number of amides is 2. The first kappa shape index (κ1) is 14.0. The Bertz CT molecular complexity index is 588. The lowest BCUT2D eigenvalue weighted by Crippen LogP contribution is -2.50. The maximum Gasteiger partial charge on any atom is 0.317 e. The van der Waals surface area contributed by atoms with Crippen molar-refractivity contribution >= 4 is 17.4 Å². The van der Waals surface area contributed by atoms with Crippen molar-refractivity contribution in [1.29, 1.82) is 0 Å². The third kappa shape index (κ3) is 3.40. The smallest absolute Gasteiger partial charge is 0.317 e. The van der Waals surface area contributed by atoms with E-state index in [-0.39, 0.29) is 6.03 Å². The van der Waals surface area contributed by atoms with Gasteiger partial charge in [-0.25, -0.2) is 9.48 Å². The Morgan fingerprint density at radius 2 is 2.19 bits per heavy atom. The molecule has 0 unspecified atom stereocenters. The van der Waals surface area contributed by atoms with Gasteiger partial charge in [-0.1, -0.05) is 5.21 Å². The van der Waals surface area contributed by atoms with Crippen LogP contribution < -0.4 is 5.32 Å². The summed E-state index contributed by atoms with van der Waals surface area (Å²) in [4.78, 5) is 16.1. The molecular weight excluding hydrogens is 288 g/mol. The number of piperazine rings is 1. The van der Waals surface area contributed by atoms with E-state index in [1.165, 1.54) is 0 Å². The fraction of sp³-hybridized carbons (Fsp3) is 0.462. The zero-order chi connectivity index (χ0) is 14.7. The Kier molecular flexibility index (Phi) is 4.16. The van der Waals surface area contributed by atoms with E-state index >= 15 is 0 Å². The van der Waals surface area contributed by atoms with Crippen molar-refractivity contribution in [2.24, 2.45) is 0 Å². The number of likely N-dealkylation sites (N-methyl/N-ethyl adjacent to an activating group) is 1. The minimum atomic E-state index is -0.0341. The number of carbonyl (C=O) groups excluding carboxylic acids is 1. The van der Waals surface area contributed by atoms with Crippen LogP contribution in [0.15, 0.2) is 23.0 Å². The molecule has 3 heterocycles. The van der Waals surface area contributed by atoms with Crippen LogP contribution in [0.1, 0.15) is 5.69 Å². The molecule has 1 aliphatic heterocycles. The van der Waals surface area contributed by atoms with Crippen LogP contribution in [-0.4, -0.2) is 64.1 Å². The Labute approximate surface area is 127 Å². The van der Waals surface area contributed by atoms with Crippen LogP contribution in [0.25, 0.3) is 5.69 Å². The first-order chi connectivity index (χ1) is 10.2. The first-order valence-corrected chi connectivity index (χ1v) is 7.82. The van der Waals surface area contributed by atoms with Crippen LogP contribution >= 0.6 is 11.3 Å². The number of nitrogens with zero attached hydrogens (tertiary/aromatic N) is 5. The van der Waals surface area contributed by atoms with E-state index in [1.807, 2.05) is 27.9 Å². The van der Waals surface area contributed by atoms with Crippen LogP contribution in [0.4, 0.5) is 4.79 Å². The molecule has 0 atom stereocenters. The van der Waals surface area contributed by atoms with Gasteiger partial charge in [0, 0.05) is 31.6 Å². The number of carbonyl (C=O) groups is 1. The molecule has 2 aromatic heterocycles. The fourth-order valence-electron chi connectivity index (χ4n) is 2.18. The molecule has 7 nitrogen and oxygen atoms in total. The third-order valence-corrected chi connectivity index (χ3v) is 4.19. The van der Waals surface area contributed by atoms with Gasteiger partial charge in [0.25, 0.3) is 0 Å². The van der Waals surface area contributed by atoms with Gasteiger partial charge in [0.05, 0.1) is 18.4 Å². The number of thiophene rings is 1. The van der Waals surface area contributed by atoms with Crippen LogP contribution in [-0.2, 0) is 6.54 Å². The van der Waals surface area contributed by atoms with Gasteiger partial charge < -0.3 is 15.1 Å². The van der Waals surface area contributed by atoms with Crippen molar-refractivity contribution in [3.05, 3.63) is 28.7 Å². The van der Waals surface area contributed by atoms with Crippen LogP contribution in [0.5, 0.6) is 0 Å². The molecule has 1 fully saturated rings. The second kappa shape index (κ2) is 6.23. The van der Waals surface area contributed by atoms with Gasteiger partial charge in [-0.05, 0) is 18.5 Å². The van der Waals surface area contributed by atoms with Crippen molar-refractivity contribution in [3.8, 4) is 5.69 Å². The molecule has 1 saturated heterocycles. The largest absolute Gasteiger partial charge is 0.332 e. The highest BCUT2D eigenvalue weighted by Gasteiger charge is 2.18. The second-order valence-electron chi connectivity index (χ2n) is 5.09. The lowest BCUT2D eigenvalue weighted by molar-refractivity contribution is 0.154. The minimum Gasteiger partial charge on any atom is -0.332 e. The van der Waals surface area contributed by atoms with Gasteiger partial charge >= 0.3 is 6.03 Å². The summed E-state index contributed by atoms with van der Waals surface area (Å²) in [6, 6.07) is 1.94. The van der Waals surface area contributed by atoms with E-state index in [0.29, 0.717) is 6.54 Å². The van der Waals surface area contributed by atoms with Gasteiger partial charge in [-0.2, -0.15) is 11.3 Å². The highest BCUT2D eigenvalue weighted by molar-refractivity contribution is 7.08. The average molecular weight is 306 g/mol. The lowest BCUT2D eigenvalue weighted by Gasteiger charge is -2.32. The van der Waals surface area contributed by atoms with Crippen LogP contribution in [0, 0.1) is 0 Å². The van der Waals surface area contributed by atoms with Crippen molar-refractivity contribution in [3.63, 3.8) is 0 Å². The van der Waals surface area contributed by atoms with E-state index in [1.54, 1.807) is 16.0 Å². The van der Waals surface area contributed by atoms with Gasteiger partial charge in [-0.15, -0.1) is 5.10 Å². The van der Waals surface area contributed by atoms with E-state index in [4.69, 9.17) is 0 Å². The summed E-state index contributed by atoms with van der Waals surface area (Å²) in [6.45, 7) is 3.77. The maximum absolute atomic E-state index is 12.1. The molecular formula is C13H18N6OS. The van der Waals surface area contributed by atoms with Crippen LogP contribution in [0.2, 0.25) is 0 Å². The van der Waals surface area contributed by atoms with E-state index in [0.717, 1.165) is 37.6 Å². The molecule has 8 heteroatoms. The third-order valence-electron chi connectivity index (χ3n) is 3.52. The van der Waals surface area contributed by atoms with Gasteiger partial charge in [0.2, 0.25) is 0 Å². The summed E-state index contributed by atoms with van der Waals surface area (Å²) in [6.07, 6.45) is 1.84. The number of aromatic nitrogens is 3. The number of hydrogen-bond acceptors (Lipinski definition) is 5. The zero-order valence-corrected chi connectivity index (χ0v) is 12.7. The minimum absolute atomic E-state index is 0.0341. The summed E-state index contributed by atoms with van der Waals surface area (Å²) in [5.74, 6) is 0. The van der Waals surface area contributed by atoms with Gasteiger partial charge in [-0.3, -0.25) is 0 Å². The zero-order valence-electron chi connectivity index (χ0n) is 11.9. The van der Waals surface area contributed by atoms with E-state index in [9.17, 15) is 4.79 Å². The van der Waals surface area contributed by atoms with E-state index < -0.39 is 0 Å². The molecule has 0 bridgehead atoms. The molecule has 3 rings (SSSR count). The molecule has 0 aromatic carbocycles. The Morgan fingerprint density at radius 3 is 2.90 bits per heavy atom. The Balaban J connectivity index is 1.52. The molecule has 112 valence electrons. The van der Waals surface area contributed by atoms with Crippen molar-refractivity contribution < 1.29 is 4.79 Å². The lowest BCUT2D eigenvalue weighted by atomic mass is 10.3. The molecule has 2 amide bonds. The number of hydrogen-bond donors (Lipinski definition) is 1. The summed E-state index contributed by atoms with van der Waals surface area (Å²) >= 11 is 1.61. The van der Waals surface area contributed by atoms with E-state index in [2.05, 4.69) is 27.6 Å². The van der Waals surface area contributed by atoms with Crippen molar-refractivity contribution in [2.75, 3.05) is 33.2 Å². The predicted octanol–water partition coefficient (Wildman–Crippen LogP) is 0.786. The quantitative estimate of drug-likeness (QED) is 0.910. The normalized spacial score (nSPS) is 16.1. The second-order valence-corrected chi connectivity index (χ2v) is 5.87. The van der Waals surface area contributed by atoms with Gasteiger partial charge in [0.15, 0.2) is 0 Å². The van der Waals surface area contributed by atoms with Crippen molar-refractivity contribution in [1.82, 2.24) is 30.1 Å². The SMILES string of the molecule is CN1CCN(C(=O)NCc2cn(-c3ccsc3)nn2)CC1. The molecule has 0 spiro atoms. The Morgan fingerprint density at radius 1 is 1.38 bits per heavy atom. The first-order valence-electron chi connectivity index (χ1n) is 6.87. The Hall–Kier alpha value is -1.93. The standard InChI is InChI=1S/C13H18N6OS/c1-17-3-5-18(6-4-17)13(20)14-8-11-9-19(16-15-11)12-2-7-21-10-12/h2,7,9-10H,3-6,8H2,1H3,(H,14,20). The monoisotopic (exact) mass is 306 g/mol. The van der Waals surface area contributed by atoms with Gasteiger partial charge in [0.1, 0.15) is 5.69 Å². The number of urea groups is 1.